The number of hydrogen-bond acceptors (Lipinski definition) is 3. The van der Waals surface area contributed by atoms with Gasteiger partial charge in [-0.3, -0.25) is 0 Å². The Morgan fingerprint density at radius 3 is 1.90 bits per heavy atom. The molecule has 0 aliphatic rings. The lowest BCUT2D eigenvalue weighted by Crippen LogP contribution is -2.11. The largest absolute Gasteiger partial charge is 0.396 e. The Morgan fingerprint density at radius 1 is 0.800 bits per heavy atom. The topological polar surface area (TPSA) is 49.7 Å². The van der Waals surface area contributed by atoms with Crippen molar-refractivity contribution in [3.8, 4) is 0 Å². The third-order valence-electron chi connectivity index (χ3n) is 5.80. The first kappa shape index (κ1) is 26.9. The maximum atomic E-state index is 9.98. The summed E-state index contributed by atoms with van der Waals surface area (Å²) in [5, 5.41) is 18.8. The summed E-state index contributed by atoms with van der Waals surface area (Å²) in [5.41, 5.74) is 2.70. The molecule has 30 heavy (non-hydrogen) atoms. The Bertz CT molecular complexity index is 512. The number of benzene rings is 1. The molecule has 0 heterocycles. The van der Waals surface area contributed by atoms with E-state index < -0.39 is 6.29 Å². The van der Waals surface area contributed by atoms with Gasteiger partial charge in [0.25, 0.3) is 0 Å². The van der Waals surface area contributed by atoms with Crippen LogP contribution in [-0.4, -0.2) is 23.1 Å². The molecule has 0 aliphatic heterocycles. The molecule has 2 N–H and O–H groups in total. The van der Waals surface area contributed by atoms with Gasteiger partial charge in [-0.1, -0.05) is 93.3 Å². The van der Waals surface area contributed by atoms with Gasteiger partial charge in [0, 0.05) is 6.61 Å². The molecule has 0 amide bonds. The molecule has 3 heteroatoms. The van der Waals surface area contributed by atoms with Crippen molar-refractivity contribution in [3.05, 3.63) is 47.5 Å². The van der Waals surface area contributed by atoms with Crippen molar-refractivity contribution in [2.45, 2.75) is 116 Å². The monoisotopic (exact) mass is 418 g/mol. The van der Waals surface area contributed by atoms with Crippen molar-refractivity contribution < 1.29 is 14.9 Å². The van der Waals surface area contributed by atoms with Crippen LogP contribution in [0, 0.1) is 0 Å². The van der Waals surface area contributed by atoms with Gasteiger partial charge in [0.2, 0.25) is 0 Å². The molecule has 0 spiro atoms. The lowest BCUT2D eigenvalue weighted by atomic mass is 9.99. The molecular weight excluding hydrogens is 372 g/mol. The number of aliphatic hydroxyl groups excluding tert-OH is 2. The number of hydrogen-bond donors (Lipinski definition) is 2. The maximum Gasteiger partial charge on any atom is 0.154 e. The smallest absolute Gasteiger partial charge is 0.154 e. The second kappa shape index (κ2) is 19.8. The highest BCUT2D eigenvalue weighted by Crippen LogP contribution is 2.19. The molecule has 1 aromatic carbocycles. The summed E-state index contributed by atoms with van der Waals surface area (Å²) < 4.78 is 5.53. The highest BCUT2D eigenvalue weighted by atomic mass is 16.6. The third-order valence-corrected chi connectivity index (χ3v) is 5.80. The van der Waals surface area contributed by atoms with Crippen molar-refractivity contribution in [1.29, 1.82) is 0 Å². The van der Waals surface area contributed by atoms with Gasteiger partial charge in [0.1, 0.15) is 0 Å². The summed E-state index contributed by atoms with van der Waals surface area (Å²) in [6, 6.07) is 10.0. The number of allylic oxidation sites excluding steroid dienone is 2. The molecule has 0 fully saturated rings. The zero-order valence-electron chi connectivity index (χ0n) is 19.4. The van der Waals surface area contributed by atoms with Gasteiger partial charge in [-0.15, -0.1) is 0 Å². The zero-order chi connectivity index (χ0) is 21.7. The van der Waals surface area contributed by atoms with Crippen molar-refractivity contribution in [2.75, 3.05) is 6.61 Å². The van der Waals surface area contributed by atoms with Gasteiger partial charge in [0.15, 0.2) is 6.29 Å². The Hall–Kier alpha value is -1.16. The van der Waals surface area contributed by atoms with E-state index in [1.165, 1.54) is 70.6 Å². The maximum absolute atomic E-state index is 9.98. The minimum absolute atomic E-state index is 0.346. The van der Waals surface area contributed by atoms with Gasteiger partial charge in [0.05, 0.1) is 6.61 Å². The minimum atomic E-state index is -0.652. The molecule has 0 saturated carbocycles. The molecule has 1 rings (SSSR count). The molecule has 1 atom stereocenters. The summed E-state index contributed by atoms with van der Waals surface area (Å²) in [4.78, 5) is 0. The molecule has 0 radical (unpaired) electrons. The van der Waals surface area contributed by atoms with E-state index in [1.807, 2.05) is 30.3 Å². The van der Waals surface area contributed by atoms with E-state index in [2.05, 4.69) is 13.0 Å². The Labute approximate surface area is 185 Å². The van der Waals surface area contributed by atoms with Gasteiger partial charge in [-0.2, -0.15) is 0 Å². The second-order valence-electron chi connectivity index (χ2n) is 8.45. The normalized spacial score (nSPS) is 13.0. The molecular formula is C27H46O3. The molecule has 3 nitrogen and oxygen atoms in total. The van der Waals surface area contributed by atoms with Crippen LogP contribution >= 0.6 is 0 Å². The van der Waals surface area contributed by atoms with Crippen LogP contribution in [0.3, 0.4) is 0 Å². The first-order valence-corrected chi connectivity index (χ1v) is 12.3. The molecule has 0 aliphatic carbocycles. The van der Waals surface area contributed by atoms with Gasteiger partial charge >= 0.3 is 0 Å². The molecule has 172 valence electrons. The van der Waals surface area contributed by atoms with E-state index in [9.17, 15) is 5.11 Å². The lowest BCUT2D eigenvalue weighted by Gasteiger charge is -2.12. The SMILES string of the molecule is CC=C(CCCCCCCCCCCO)CCCCCC(O)OCc1ccccc1. The fraction of sp³-hybridized carbons (Fsp3) is 0.704. The Morgan fingerprint density at radius 2 is 1.33 bits per heavy atom. The predicted molar refractivity (Wildman–Crippen MR) is 127 cm³/mol. The van der Waals surface area contributed by atoms with E-state index in [4.69, 9.17) is 9.84 Å². The third kappa shape index (κ3) is 15.6. The number of ether oxygens (including phenoxy) is 1. The quantitative estimate of drug-likeness (QED) is 0.133. The number of unbranched alkanes of at least 4 members (excludes halogenated alkanes) is 10. The highest BCUT2D eigenvalue weighted by molar-refractivity contribution is 5.13. The van der Waals surface area contributed by atoms with Crippen LogP contribution < -0.4 is 0 Å². The average Bonchev–Trinajstić information content (AvgIpc) is 2.78. The van der Waals surface area contributed by atoms with E-state index in [-0.39, 0.29) is 0 Å². The zero-order valence-corrected chi connectivity index (χ0v) is 19.4. The Balaban J connectivity index is 1.92. The summed E-state index contributed by atoms with van der Waals surface area (Å²) in [5.74, 6) is 0. The molecule has 1 unspecified atom stereocenters. The van der Waals surface area contributed by atoms with Gasteiger partial charge in [-0.25, -0.2) is 0 Å². The molecule has 1 aromatic rings. The van der Waals surface area contributed by atoms with Crippen LogP contribution in [0.5, 0.6) is 0 Å². The number of rotatable bonds is 20. The van der Waals surface area contributed by atoms with Crippen molar-refractivity contribution in [1.82, 2.24) is 0 Å². The molecule has 0 aromatic heterocycles. The van der Waals surface area contributed by atoms with Crippen LogP contribution in [-0.2, 0) is 11.3 Å². The standard InChI is InChI=1S/C27H46O3/c1-2-25(18-12-8-6-4-3-5-7-9-17-23-28)19-13-11-16-22-27(29)30-24-26-20-14-10-15-21-26/h2,10,14-15,20-21,27-29H,3-9,11-13,16-19,22-24H2,1H3. The second-order valence-corrected chi connectivity index (χ2v) is 8.45. The van der Waals surface area contributed by atoms with Crippen molar-refractivity contribution in [3.63, 3.8) is 0 Å². The van der Waals surface area contributed by atoms with Crippen molar-refractivity contribution >= 4 is 0 Å². The minimum Gasteiger partial charge on any atom is -0.396 e. The van der Waals surface area contributed by atoms with Crippen LogP contribution in [0.15, 0.2) is 42.0 Å². The van der Waals surface area contributed by atoms with Crippen LogP contribution in [0.25, 0.3) is 0 Å². The molecule has 0 bridgehead atoms. The van der Waals surface area contributed by atoms with Gasteiger partial charge in [-0.05, 0) is 57.4 Å². The van der Waals surface area contributed by atoms with Crippen LogP contribution in [0.2, 0.25) is 0 Å². The number of aliphatic hydroxyl groups is 2. The van der Waals surface area contributed by atoms with E-state index in [0.29, 0.717) is 13.2 Å². The lowest BCUT2D eigenvalue weighted by molar-refractivity contribution is -0.112. The summed E-state index contributed by atoms with van der Waals surface area (Å²) in [7, 11) is 0. The van der Waals surface area contributed by atoms with Crippen molar-refractivity contribution in [2.24, 2.45) is 0 Å². The van der Waals surface area contributed by atoms with E-state index in [0.717, 1.165) is 31.2 Å². The van der Waals surface area contributed by atoms with Crippen LogP contribution in [0.4, 0.5) is 0 Å². The van der Waals surface area contributed by atoms with Crippen LogP contribution in [0.1, 0.15) is 109 Å². The summed E-state index contributed by atoms with van der Waals surface area (Å²) >= 11 is 0. The van der Waals surface area contributed by atoms with Gasteiger partial charge < -0.3 is 14.9 Å². The Kier molecular flexibility index (Phi) is 17.7. The summed E-state index contributed by atoms with van der Waals surface area (Å²) in [6.45, 7) is 3.00. The average molecular weight is 419 g/mol. The first-order chi connectivity index (χ1) is 14.8. The fourth-order valence-corrected chi connectivity index (χ4v) is 3.81. The predicted octanol–water partition coefficient (Wildman–Crippen LogP) is 7.31. The first-order valence-electron chi connectivity index (χ1n) is 12.3. The van der Waals surface area contributed by atoms with E-state index >= 15 is 0 Å². The highest BCUT2D eigenvalue weighted by Gasteiger charge is 2.05. The summed E-state index contributed by atoms with van der Waals surface area (Å²) in [6.07, 6.45) is 19.7. The molecule has 0 saturated heterocycles. The fourth-order valence-electron chi connectivity index (χ4n) is 3.81. The van der Waals surface area contributed by atoms with E-state index in [1.54, 1.807) is 5.57 Å².